The van der Waals surface area contributed by atoms with E-state index in [4.69, 9.17) is 9.15 Å². The van der Waals surface area contributed by atoms with Gasteiger partial charge in [0.15, 0.2) is 0 Å². The minimum absolute atomic E-state index is 0.0542. The van der Waals surface area contributed by atoms with E-state index in [1.54, 1.807) is 13.4 Å². The van der Waals surface area contributed by atoms with Crippen molar-refractivity contribution >= 4 is 33.3 Å². The van der Waals surface area contributed by atoms with E-state index < -0.39 is 0 Å². The first kappa shape index (κ1) is 19.5. The van der Waals surface area contributed by atoms with E-state index in [1.807, 2.05) is 30.3 Å². The van der Waals surface area contributed by atoms with Gasteiger partial charge in [-0.15, -0.1) is 0 Å². The molecule has 1 aliphatic heterocycles. The summed E-state index contributed by atoms with van der Waals surface area (Å²) in [5, 5.41) is 6.56. The van der Waals surface area contributed by atoms with Crippen molar-refractivity contribution in [3.63, 3.8) is 0 Å². The fourth-order valence-corrected chi connectivity index (χ4v) is 4.53. The van der Waals surface area contributed by atoms with Gasteiger partial charge >= 0.3 is 0 Å². The van der Waals surface area contributed by atoms with Crippen LogP contribution in [0.15, 0.2) is 71.3 Å². The summed E-state index contributed by atoms with van der Waals surface area (Å²) in [6.07, 6.45) is 3.93. The summed E-state index contributed by atoms with van der Waals surface area (Å²) in [6.45, 7) is 1.85. The van der Waals surface area contributed by atoms with Crippen molar-refractivity contribution in [1.29, 1.82) is 0 Å². The lowest BCUT2D eigenvalue weighted by atomic mass is 10.0. The zero-order chi connectivity index (χ0) is 21.2. The highest BCUT2D eigenvalue weighted by molar-refractivity contribution is 6.08. The summed E-state index contributed by atoms with van der Waals surface area (Å²) >= 11 is 0. The lowest BCUT2D eigenvalue weighted by Gasteiger charge is -2.34. The molecule has 1 N–H and O–H groups in total. The number of hydrogen-bond acceptors (Lipinski definition) is 4. The van der Waals surface area contributed by atoms with Gasteiger partial charge in [-0.2, -0.15) is 0 Å². The molecule has 5 rings (SSSR count). The smallest absolute Gasteiger partial charge is 0.224 e. The quantitative estimate of drug-likeness (QED) is 0.504. The standard InChI is InChI=1S/C26H26N2O3/c1-30-22-9-7-21(8-10-22)28-14-12-20(13-15-28)27-25(29)16-19-17-31-24-11-6-18-4-2-3-5-23(18)26(19)24/h2-11,17,20H,12-16H2,1H3,(H,27,29). The normalized spacial score (nSPS) is 14.8. The van der Waals surface area contributed by atoms with Gasteiger partial charge in [0.1, 0.15) is 11.3 Å². The van der Waals surface area contributed by atoms with Crippen molar-refractivity contribution < 1.29 is 13.9 Å². The van der Waals surface area contributed by atoms with Gasteiger partial charge < -0.3 is 19.4 Å². The van der Waals surface area contributed by atoms with Gasteiger partial charge in [0.05, 0.1) is 19.8 Å². The van der Waals surface area contributed by atoms with E-state index in [2.05, 4.69) is 40.5 Å². The number of ether oxygens (including phenoxy) is 1. The fraction of sp³-hybridized carbons (Fsp3) is 0.269. The van der Waals surface area contributed by atoms with Crippen LogP contribution in [0.5, 0.6) is 5.75 Å². The van der Waals surface area contributed by atoms with E-state index in [1.165, 1.54) is 5.69 Å². The third kappa shape index (κ3) is 3.96. The Morgan fingerprint density at radius 3 is 2.61 bits per heavy atom. The fourth-order valence-electron chi connectivity index (χ4n) is 4.53. The van der Waals surface area contributed by atoms with Gasteiger partial charge in [-0.3, -0.25) is 4.79 Å². The molecule has 1 amide bonds. The molecular formula is C26H26N2O3. The maximum Gasteiger partial charge on any atom is 0.224 e. The number of furan rings is 1. The Hall–Kier alpha value is -3.47. The molecule has 5 heteroatoms. The highest BCUT2D eigenvalue weighted by Crippen LogP contribution is 2.30. The number of piperidine rings is 1. The molecule has 2 heterocycles. The Morgan fingerprint density at radius 1 is 1.06 bits per heavy atom. The van der Waals surface area contributed by atoms with Crippen LogP contribution in [0.25, 0.3) is 21.7 Å². The number of carbonyl (C=O) groups is 1. The van der Waals surface area contributed by atoms with E-state index in [0.717, 1.165) is 59.0 Å². The van der Waals surface area contributed by atoms with Crippen LogP contribution in [-0.4, -0.2) is 32.1 Å². The Morgan fingerprint density at radius 2 is 1.84 bits per heavy atom. The predicted octanol–water partition coefficient (Wildman–Crippen LogP) is 4.92. The van der Waals surface area contributed by atoms with E-state index in [0.29, 0.717) is 6.42 Å². The van der Waals surface area contributed by atoms with Crippen molar-refractivity contribution in [2.45, 2.75) is 25.3 Å². The molecule has 0 radical (unpaired) electrons. The average Bonchev–Trinajstić information content (AvgIpc) is 3.23. The van der Waals surface area contributed by atoms with Crippen LogP contribution in [-0.2, 0) is 11.2 Å². The molecule has 3 aromatic carbocycles. The molecule has 0 unspecified atom stereocenters. The summed E-state index contributed by atoms with van der Waals surface area (Å²) in [5.74, 6) is 0.920. The predicted molar refractivity (Wildman–Crippen MR) is 124 cm³/mol. The molecule has 5 nitrogen and oxygen atoms in total. The second-order valence-corrected chi connectivity index (χ2v) is 8.12. The topological polar surface area (TPSA) is 54.7 Å². The van der Waals surface area contributed by atoms with Crippen LogP contribution >= 0.6 is 0 Å². The van der Waals surface area contributed by atoms with Crippen molar-refractivity contribution in [2.24, 2.45) is 0 Å². The Bertz CT molecular complexity index is 1200. The lowest BCUT2D eigenvalue weighted by Crippen LogP contribution is -2.45. The van der Waals surface area contributed by atoms with Gasteiger partial charge in [-0.1, -0.05) is 30.3 Å². The molecule has 31 heavy (non-hydrogen) atoms. The molecule has 1 fully saturated rings. The van der Waals surface area contributed by atoms with Crippen molar-refractivity contribution in [3.8, 4) is 5.75 Å². The van der Waals surface area contributed by atoms with Crippen LogP contribution in [0.4, 0.5) is 5.69 Å². The molecule has 4 aromatic rings. The van der Waals surface area contributed by atoms with Crippen molar-refractivity contribution in [1.82, 2.24) is 5.32 Å². The SMILES string of the molecule is COc1ccc(N2CCC(NC(=O)Cc3coc4ccc5ccccc5c34)CC2)cc1. The molecular weight excluding hydrogens is 388 g/mol. The summed E-state index contributed by atoms with van der Waals surface area (Å²) in [5.41, 5.74) is 2.97. The number of fused-ring (bicyclic) bond motifs is 3. The summed E-state index contributed by atoms with van der Waals surface area (Å²) in [7, 11) is 1.68. The number of nitrogens with one attached hydrogen (secondary N) is 1. The minimum Gasteiger partial charge on any atom is -0.497 e. The van der Waals surface area contributed by atoms with Crippen LogP contribution in [0.1, 0.15) is 18.4 Å². The third-order valence-corrected chi connectivity index (χ3v) is 6.19. The Labute approximate surface area is 181 Å². The highest BCUT2D eigenvalue weighted by Gasteiger charge is 2.22. The second-order valence-electron chi connectivity index (χ2n) is 8.12. The molecule has 0 atom stereocenters. The molecule has 1 saturated heterocycles. The van der Waals surface area contributed by atoms with Crippen LogP contribution in [0.3, 0.4) is 0 Å². The maximum atomic E-state index is 12.8. The van der Waals surface area contributed by atoms with Crippen molar-refractivity contribution in [3.05, 3.63) is 72.5 Å². The summed E-state index contributed by atoms with van der Waals surface area (Å²) < 4.78 is 11.0. The molecule has 0 spiro atoms. The number of methoxy groups -OCH3 is 1. The monoisotopic (exact) mass is 414 g/mol. The zero-order valence-electron chi connectivity index (χ0n) is 17.6. The van der Waals surface area contributed by atoms with Gasteiger partial charge in [-0.05, 0) is 53.9 Å². The van der Waals surface area contributed by atoms with E-state index >= 15 is 0 Å². The van der Waals surface area contributed by atoms with Crippen LogP contribution in [0.2, 0.25) is 0 Å². The number of hydrogen-bond donors (Lipinski definition) is 1. The number of rotatable bonds is 5. The van der Waals surface area contributed by atoms with E-state index in [-0.39, 0.29) is 11.9 Å². The molecule has 0 aliphatic carbocycles. The third-order valence-electron chi connectivity index (χ3n) is 6.19. The molecule has 158 valence electrons. The number of amides is 1. The Kier molecular flexibility index (Phi) is 5.24. The van der Waals surface area contributed by atoms with E-state index in [9.17, 15) is 4.79 Å². The first-order valence-electron chi connectivity index (χ1n) is 10.8. The summed E-state index contributed by atoms with van der Waals surface area (Å²) in [4.78, 5) is 15.2. The number of anilines is 1. The highest BCUT2D eigenvalue weighted by atomic mass is 16.5. The molecule has 0 saturated carbocycles. The van der Waals surface area contributed by atoms with Crippen molar-refractivity contribution in [2.75, 3.05) is 25.1 Å². The van der Waals surface area contributed by atoms with Crippen LogP contribution in [0, 0.1) is 0 Å². The van der Waals surface area contributed by atoms with Gasteiger partial charge in [0.2, 0.25) is 5.91 Å². The van der Waals surface area contributed by atoms with Gasteiger partial charge in [0, 0.05) is 35.8 Å². The Balaban J connectivity index is 1.22. The first-order chi connectivity index (χ1) is 15.2. The minimum atomic E-state index is 0.0542. The second kappa shape index (κ2) is 8.34. The maximum absolute atomic E-state index is 12.8. The number of nitrogens with zero attached hydrogens (tertiary/aromatic N) is 1. The van der Waals surface area contributed by atoms with Gasteiger partial charge in [0.25, 0.3) is 0 Å². The first-order valence-corrected chi connectivity index (χ1v) is 10.8. The lowest BCUT2D eigenvalue weighted by molar-refractivity contribution is -0.121. The molecule has 0 bridgehead atoms. The molecule has 1 aliphatic rings. The summed E-state index contributed by atoms with van der Waals surface area (Å²) in [6, 6.07) is 20.6. The molecule has 1 aromatic heterocycles. The average molecular weight is 415 g/mol. The zero-order valence-corrected chi connectivity index (χ0v) is 17.6. The number of carbonyl (C=O) groups excluding carboxylic acids is 1. The van der Waals surface area contributed by atoms with Gasteiger partial charge in [-0.25, -0.2) is 0 Å². The van der Waals surface area contributed by atoms with Crippen LogP contribution < -0.4 is 15.0 Å². The largest absolute Gasteiger partial charge is 0.497 e. The number of benzene rings is 3.